The molecular weight excluding hydrogens is 577 g/mol. The summed E-state index contributed by atoms with van der Waals surface area (Å²) in [5, 5.41) is 5.49. The van der Waals surface area contributed by atoms with Crippen LogP contribution in [0.4, 0.5) is 32.4 Å². The number of pyridine rings is 1. The summed E-state index contributed by atoms with van der Waals surface area (Å²) in [6.45, 7) is 5.34. The summed E-state index contributed by atoms with van der Waals surface area (Å²) in [6, 6.07) is 17.9. The molecule has 0 bridgehead atoms. The van der Waals surface area contributed by atoms with Crippen molar-refractivity contribution in [3.8, 4) is 5.75 Å². The van der Waals surface area contributed by atoms with Crippen LogP contribution in [0.1, 0.15) is 40.6 Å². The lowest BCUT2D eigenvalue weighted by Crippen LogP contribution is -2.50. The second-order valence-electron chi connectivity index (χ2n) is 11.2. The van der Waals surface area contributed by atoms with E-state index in [1.165, 1.54) is 12.1 Å². The second kappa shape index (κ2) is 13.2. The molecule has 2 aromatic heterocycles. The number of methoxy groups -OCH3 is 1. The zero-order chi connectivity index (χ0) is 31.3. The van der Waals surface area contributed by atoms with Crippen molar-refractivity contribution < 1.29 is 23.1 Å². The summed E-state index contributed by atoms with van der Waals surface area (Å²) in [5.74, 6) is 1.17. The largest absolute Gasteiger partial charge is 0.496 e. The van der Waals surface area contributed by atoms with Crippen LogP contribution >= 0.6 is 0 Å². The predicted octanol–water partition coefficient (Wildman–Crippen LogP) is 5.52. The van der Waals surface area contributed by atoms with E-state index in [4.69, 9.17) is 9.15 Å². The smallest absolute Gasteiger partial charge is 0.322 e. The van der Waals surface area contributed by atoms with Gasteiger partial charge in [-0.3, -0.25) is 4.79 Å². The number of oxazole rings is 1. The molecule has 2 aromatic carbocycles. The maximum absolute atomic E-state index is 13.9. The van der Waals surface area contributed by atoms with Gasteiger partial charge in [0.15, 0.2) is 0 Å². The van der Waals surface area contributed by atoms with Crippen molar-refractivity contribution in [2.75, 3.05) is 66.8 Å². The third-order valence-corrected chi connectivity index (χ3v) is 8.27. The fourth-order valence-electron chi connectivity index (χ4n) is 5.87. The Kier molecular flexibility index (Phi) is 8.81. The van der Waals surface area contributed by atoms with Gasteiger partial charge in [0.25, 0.3) is 11.9 Å². The number of ether oxygens (including phenoxy) is 1. The van der Waals surface area contributed by atoms with Gasteiger partial charge in [-0.05, 0) is 55.7 Å². The number of rotatable bonds is 7. The molecule has 11 nitrogen and oxygen atoms in total. The van der Waals surface area contributed by atoms with Gasteiger partial charge >= 0.3 is 6.03 Å². The minimum Gasteiger partial charge on any atom is -0.496 e. The van der Waals surface area contributed by atoms with Crippen LogP contribution in [-0.2, 0) is 0 Å². The fourth-order valence-corrected chi connectivity index (χ4v) is 5.87. The molecule has 6 rings (SSSR count). The minimum absolute atomic E-state index is 0.158. The van der Waals surface area contributed by atoms with Crippen molar-refractivity contribution in [1.29, 1.82) is 0 Å². The quantitative estimate of drug-likeness (QED) is 0.280. The van der Waals surface area contributed by atoms with Crippen molar-refractivity contribution in [2.24, 2.45) is 0 Å². The Morgan fingerprint density at radius 2 is 1.73 bits per heavy atom. The molecule has 2 saturated heterocycles. The normalized spacial score (nSPS) is 16.8. The van der Waals surface area contributed by atoms with Gasteiger partial charge < -0.3 is 34.5 Å². The number of para-hydroxylation sites is 2. The highest BCUT2D eigenvalue weighted by atomic mass is 19.1. The molecule has 1 atom stereocenters. The van der Waals surface area contributed by atoms with Gasteiger partial charge in [-0.2, -0.15) is 4.98 Å². The van der Waals surface area contributed by atoms with E-state index in [2.05, 4.69) is 36.5 Å². The van der Waals surface area contributed by atoms with Crippen molar-refractivity contribution in [2.45, 2.75) is 25.7 Å². The van der Waals surface area contributed by atoms with Crippen LogP contribution in [0.3, 0.4) is 0 Å². The molecule has 2 aliphatic rings. The highest BCUT2D eigenvalue weighted by Crippen LogP contribution is 2.35. The van der Waals surface area contributed by atoms with Gasteiger partial charge in [0, 0.05) is 45.2 Å². The molecule has 1 unspecified atom stereocenters. The number of hydrogen-bond acceptors (Lipinski definition) is 8. The summed E-state index contributed by atoms with van der Waals surface area (Å²) >= 11 is 0. The minimum atomic E-state index is -0.472. The Morgan fingerprint density at radius 3 is 2.49 bits per heavy atom. The summed E-state index contributed by atoms with van der Waals surface area (Å²) < 4.78 is 25.5. The number of halogens is 1. The Labute approximate surface area is 261 Å². The number of carbonyl (C=O) groups excluding carboxylic acids is 2. The highest BCUT2D eigenvalue weighted by molar-refractivity contribution is 6.03. The van der Waals surface area contributed by atoms with Gasteiger partial charge in [-0.25, -0.2) is 14.2 Å². The monoisotopic (exact) mass is 613 g/mol. The van der Waals surface area contributed by atoms with E-state index in [0.717, 1.165) is 43.1 Å². The van der Waals surface area contributed by atoms with Crippen LogP contribution < -0.4 is 25.2 Å². The van der Waals surface area contributed by atoms with Crippen molar-refractivity contribution in [3.05, 3.63) is 89.7 Å². The average Bonchev–Trinajstić information content (AvgIpc) is 3.48. The van der Waals surface area contributed by atoms with E-state index in [1.54, 1.807) is 43.3 Å². The maximum Gasteiger partial charge on any atom is 0.322 e. The van der Waals surface area contributed by atoms with Crippen molar-refractivity contribution in [1.82, 2.24) is 14.9 Å². The first-order valence-electron chi connectivity index (χ1n) is 15.1. The molecule has 45 heavy (non-hydrogen) atoms. The number of amides is 3. The predicted molar refractivity (Wildman–Crippen MR) is 170 cm³/mol. The van der Waals surface area contributed by atoms with Gasteiger partial charge in [-0.1, -0.05) is 30.3 Å². The van der Waals surface area contributed by atoms with Gasteiger partial charge in [-0.15, -0.1) is 0 Å². The lowest BCUT2D eigenvalue weighted by Gasteiger charge is -2.35. The van der Waals surface area contributed by atoms with Crippen LogP contribution in [0.25, 0.3) is 0 Å². The number of nitrogens with one attached hydrogen (secondary N) is 2. The number of aromatic nitrogens is 2. The van der Waals surface area contributed by atoms with E-state index in [-0.39, 0.29) is 23.4 Å². The maximum atomic E-state index is 13.9. The average molecular weight is 614 g/mol. The van der Waals surface area contributed by atoms with Gasteiger partial charge in [0.1, 0.15) is 17.4 Å². The summed E-state index contributed by atoms with van der Waals surface area (Å²) in [6.07, 6.45) is 3.60. The number of piperazine rings is 1. The van der Waals surface area contributed by atoms with Crippen LogP contribution in [-0.4, -0.2) is 73.2 Å². The highest BCUT2D eigenvalue weighted by Gasteiger charge is 2.28. The molecule has 2 fully saturated rings. The fraction of sp³-hybridized carbons (Fsp3) is 0.333. The van der Waals surface area contributed by atoms with Crippen LogP contribution in [0.15, 0.2) is 71.3 Å². The molecule has 0 aliphatic carbocycles. The molecule has 0 spiro atoms. The SMILES string of the molecule is COc1ccccc1C1CCCN(c2nc(C)c(C(=O)Nc3ccc(N4CCN(C(=O)Nc5ccccc5F)CC4)nc3)o2)C1. The molecule has 3 amide bonds. The number of piperidine rings is 1. The first kappa shape index (κ1) is 29.9. The topological polar surface area (TPSA) is 116 Å². The number of carbonyl (C=O) groups is 2. The molecule has 12 heteroatoms. The van der Waals surface area contributed by atoms with Crippen LogP contribution in [0.2, 0.25) is 0 Å². The molecular formula is C33H36FN7O4. The molecule has 0 radical (unpaired) electrons. The molecule has 2 N–H and O–H groups in total. The van der Waals surface area contributed by atoms with E-state index in [9.17, 15) is 14.0 Å². The third-order valence-electron chi connectivity index (χ3n) is 8.27. The standard InChI is InChI=1S/C33H36FN7O4/c1-22-30(45-33(36-22)41-15-7-8-23(21-41)25-9-3-6-12-28(25)44-2)31(42)37-24-13-14-29(35-20-24)39-16-18-40(19-17-39)32(43)38-27-11-5-4-10-26(27)34/h3-6,9-14,20,23H,7-8,15-19,21H2,1-2H3,(H,37,42)(H,38,43). The van der Waals surface area contributed by atoms with Crippen molar-refractivity contribution >= 4 is 35.1 Å². The lowest BCUT2D eigenvalue weighted by atomic mass is 9.90. The van der Waals surface area contributed by atoms with Gasteiger partial charge in [0.2, 0.25) is 5.76 Å². The molecule has 4 aromatic rings. The van der Waals surface area contributed by atoms with Crippen LogP contribution in [0, 0.1) is 12.7 Å². The third kappa shape index (κ3) is 6.69. The number of aryl methyl sites for hydroxylation is 1. The van der Waals surface area contributed by atoms with Crippen LogP contribution in [0.5, 0.6) is 5.75 Å². The summed E-state index contributed by atoms with van der Waals surface area (Å²) in [5.41, 5.74) is 2.36. The van der Waals surface area contributed by atoms with E-state index in [0.29, 0.717) is 43.6 Å². The number of anilines is 4. The number of nitrogens with zero attached hydrogens (tertiary/aromatic N) is 5. The second-order valence-corrected chi connectivity index (χ2v) is 11.2. The Balaban J connectivity index is 1.03. The summed E-state index contributed by atoms with van der Waals surface area (Å²) in [7, 11) is 1.69. The van der Waals surface area contributed by atoms with Crippen molar-refractivity contribution in [3.63, 3.8) is 0 Å². The first-order valence-corrected chi connectivity index (χ1v) is 15.1. The molecule has 2 aliphatic heterocycles. The van der Waals surface area contributed by atoms with Gasteiger partial charge in [0.05, 0.1) is 30.4 Å². The number of urea groups is 1. The number of benzene rings is 2. The molecule has 0 saturated carbocycles. The summed E-state index contributed by atoms with van der Waals surface area (Å²) in [4.78, 5) is 40.7. The lowest BCUT2D eigenvalue weighted by molar-refractivity contribution is 0.0996. The molecule has 4 heterocycles. The first-order chi connectivity index (χ1) is 21.9. The zero-order valence-corrected chi connectivity index (χ0v) is 25.3. The zero-order valence-electron chi connectivity index (χ0n) is 25.3. The number of hydrogen-bond donors (Lipinski definition) is 2. The van der Waals surface area contributed by atoms with E-state index >= 15 is 0 Å². The van der Waals surface area contributed by atoms with E-state index < -0.39 is 11.7 Å². The molecule has 234 valence electrons. The van der Waals surface area contributed by atoms with E-state index in [1.807, 2.05) is 24.3 Å². The Hall–Kier alpha value is -5.13. The Bertz CT molecular complexity index is 1650. The Morgan fingerprint density at radius 1 is 0.956 bits per heavy atom.